The van der Waals surface area contributed by atoms with Crippen LogP contribution in [0.4, 0.5) is 18.9 Å². The summed E-state index contributed by atoms with van der Waals surface area (Å²) in [6, 6.07) is 7.01. The highest BCUT2D eigenvalue weighted by Crippen LogP contribution is 2.36. The molecule has 1 aromatic heterocycles. The van der Waals surface area contributed by atoms with Gasteiger partial charge in [0.15, 0.2) is 0 Å². The van der Waals surface area contributed by atoms with Crippen molar-refractivity contribution in [1.82, 2.24) is 4.98 Å². The van der Waals surface area contributed by atoms with Crippen LogP contribution in [0.2, 0.25) is 0 Å². The Bertz CT molecular complexity index is 626. The molecule has 1 aromatic carbocycles. The molecular weight excluding hydrogens is 261 g/mol. The zero-order valence-electron chi connectivity index (χ0n) is 9.39. The van der Waals surface area contributed by atoms with Gasteiger partial charge in [-0.1, -0.05) is 12.1 Å². The molecule has 0 saturated heterocycles. The Morgan fingerprint density at radius 2 is 1.89 bits per heavy atom. The SMILES string of the molecule is O=[N+]([O-])c1cccc(-c2ncccc2C(F)(F)F)c1. The highest BCUT2D eigenvalue weighted by Gasteiger charge is 2.34. The molecule has 2 aromatic rings. The van der Waals surface area contributed by atoms with Gasteiger partial charge < -0.3 is 0 Å². The fraction of sp³-hybridized carbons (Fsp3) is 0.0833. The standard InChI is InChI=1S/C12H7F3N2O2/c13-12(14,15)10-5-2-6-16-11(10)8-3-1-4-9(7-8)17(18)19/h1-7H. The second kappa shape index (κ2) is 4.68. The van der Waals surface area contributed by atoms with Crippen molar-refractivity contribution in [3.8, 4) is 11.3 Å². The van der Waals surface area contributed by atoms with Crippen molar-refractivity contribution >= 4 is 5.69 Å². The Labute approximate surface area is 105 Å². The highest BCUT2D eigenvalue weighted by molar-refractivity contribution is 5.66. The number of non-ortho nitro benzene ring substituents is 1. The molecule has 0 fully saturated rings. The first-order valence-electron chi connectivity index (χ1n) is 5.16. The van der Waals surface area contributed by atoms with Crippen LogP contribution in [-0.4, -0.2) is 9.91 Å². The topological polar surface area (TPSA) is 56.0 Å². The van der Waals surface area contributed by atoms with E-state index in [9.17, 15) is 23.3 Å². The summed E-state index contributed by atoms with van der Waals surface area (Å²) in [5.74, 6) is 0. The van der Waals surface area contributed by atoms with Crippen molar-refractivity contribution in [3.63, 3.8) is 0 Å². The molecule has 0 bridgehead atoms. The van der Waals surface area contributed by atoms with Gasteiger partial charge in [-0.3, -0.25) is 15.1 Å². The lowest BCUT2D eigenvalue weighted by Gasteiger charge is -2.11. The predicted octanol–water partition coefficient (Wildman–Crippen LogP) is 3.68. The number of nitrogens with zero attached hydrogens (tertiary/aromatic N) is 2. The lowest BCUT2D eigenvalue weighted by molar-refractivity contribution is -0.384. The lowest BCUT2D eigenvalue weighted by atomic mass is 10.1. The van der Waals surface area contributed by atoms with Gasteiger partial charge in [-0.2, -0.15) is 13.2 Å². The summed E-state index contributed by atoms with van der Waals surface area (Å²) in [4.78, 5) is 13.6. The van der Waals surface area contributed by atoms with Gasteiger partial charge >= 0.3 is 6.18 Å². The Morgan fingerprint density at radius 3 is 2.53 bits per heavy atom. The third kappa shape index (κ3) is 2.70. The smallest absolute Gasteiger partial charge is 0.258 e. The molecule has 1 heterocycles. The quantitative estimate of drug-likeness (QED) is 0.616. The van der Waals surface area contributed by atoms with Gasteiger partial charge in [-0.25, -0.2) is 0 Å². The van der Waals surface area contributed by atoms with Crippen LogP contribution < -0.4 is 0 Å². The number of benzene rings is 1. The molecule has 98 valence electrons. The molecule has 0 aliphatic carbocycles. The van der Waals surface area contributed by atoms with Gasteiger partial charge in [0.05, 0.1) is 16.2 Å². The molecule has 0 aliphatic heterocycles. The minimum Gasteiger partial charge on any atom is -0.258 e. The first kappa shape index (κ1) is 13.0. The molecule has 0 amide bonds. The summed E-state index contributed by atoms with van der Waals surface area (Å²) in [6.07, 6.45) is -3.35. The molecular formula is C12H7F3N2O2. The van der Waals surface area contributed by atoms with Crippen molar-refractivity contribution in [2.24, 2.45) is 0 Å². The minimum absolute atomic E-state index is 0.0575. The van der Waals surface area contributed by atoms with Gasteiger partial charge in [0.2, 0.25) is 0 Å². The Kier molecular flexibility index (Phi) is 3.20. The van der Waals surface area contributed by atoms with E-state index >= 15 is 0 Å². The molecule has 7 heteroatoms. The van der Waals surface area contributed by atoms with Crippen molar-refractivity contribution in [2.45, 2.75) is 6.18 Å². The number of alkyl halides is 3. The van der Waals surface area contributed by atoms with E-state index in [-0.39, 0.29) is 16.9 Å². The maximum absolute atomic E-state index is 12.8. The molecule has 19 heavy (non-hydrogen) atoms. The van der Waals surface area contributed by atoms with E-state index in [1.54, 1.807) is 0 Å². The number of hydrogen-bond acceptors (Lipinski definition) is 3. The molecule has 0 atom stereocenters. The molecule has 2 rings (SSSR count). The first-order valence-corrected chi connectivity index (χ1v) is 5.16. The maximum Gasteiger partial charge on any atom is 0.418 e. The lowest BCUT2D eigenvalue weighted by Crippen LogP contribution is -2.08. The molecule has 0 saturated carbocycles. The summed E-state index contributed by atoms with van der Waals surface area (Å²) < 4.78 is 38.5. The summed E-state index contributed by atoms with van der Waals surface area (Å²) in [5.41, 5.74) is -1.47. The van der Waals surface area contributed by atoms with Gasteiger partial charge in [0.25, 0.3) is 5.69 Å². The second-order valence-electron chi connectivity index (χ2n) is 3.70. The van der Waals surface area contributed by atoms with Gasteiger partial charge in [0, 0.05) is 23.9 Å². The molecule has 0 radical (unpaired) electrons. The van der Waals surface area contributed by atoms with E-state index in [2.05, 4.69) is 4.98 Å². The van der Waals surface area contributed by atoms with E-state index in [0.29, 0.717) is 0 Å². The fourth-order valence-corrected chi connectivity index (χ4v) is 1.63. The zero-order chi connectivity index (χ0) is 14.0. The summed E-state index contributed by atoms with van der Waals surface area (Å²) in [7, 11) is 0. The van der Waals surface area contributed by atoms with Gasteiger partial charge in [-0.05, 0) is 12.1 Å². The van der Waals surface area contributed by atoms with E-state index in [0.717, 1.165) is 12.1 Å². The van der Waals surface area contributed by atoms with Crippen LogP contribution in [0.15, 0.2) is 42.6 Å². The molecule has 4 nitrogen and oxygen atoms in total. The molecule has 0 spiro atoms. The van der Waals surface area contributed by atoms with Crippen molar-refractivity contribution in [2.75, 3.05) is 0 Å². The van der Waals surface area contributed by atoms with Crippen LogP contribution in [0.5, 0.6) is 0 Å². The van der Waals surface area contributed by atoms with Crippen LogP contribution >= 0.6 is 0 Å². The van der Waals surface area contributed by atoms with Gasteiger partial charge in [0.1, 0.15) is 0 Å². The molecule has 0 N–H and O–H groups in total. The number of rotatable bonds is 2. The number of aromatic nitrogens is 1. The summed E-state index contributed by atoms with van der Waals surface area (Å²) >= 11 is 0. The largest absolute Gasteiger partial charge is 0.418 e. The average molecular weight is 268 g/mol. The fourth-order valence-electron chi connectivity index (χ4n) is 1.63. The van der Waals surface area contributed by atoms with E-state index in [1.165, 1.54) is 30.5 Å². The van der Waals surface area contributed by atoms with Gasteiger partial charge in [-0.15, -0.1) is 0 Å². The van der Waals surface area contributed by atoms with Crippen molar-refractivity contribution in [1.29, 1.82) is 0 Å². The van der Waals surface area contributed by atoms with Crippen LogP contribution in [0.3, 0.4) is 0 Å². The minimum atomic E-state index is -4.56. The van der Waals surface area contributed by atoms with E-state index in [4.69, 9.17) is 0 Å². The zero-order valence-corrected chi connectivity index (χ0v) is 9.39. The normalized spacial score (nSPS) is 11.3. The van der Waals surface area contributed by atoms with Crippen molar-refractivity contribution in [3.05, 3.63) is 58.3 Å². The third-order valence-corrected chi connectivity index (χ3v) is 2.44. The number of nitro groups is 1. The number of halogens is 3. The Morgan fingerprint density at radius 1 is 1.16 bits per heavy atom. The number of hydrogen-bond donors (Lipinski definition) is 0. The molecule has 0 unspecified atom stereocenters. The maximum atomic E-state index is 12.8. The second-order valence-corrected chi connectivity index (χ2v) is 3.70. The number of nitro benzene ring substituents is 1. The average Bonchev–Trinajstić information content (AvgIpc) is 2.38. The molecule has 0 aliphatic rings. The summed E-state index contributed by atoms with van der Waals surface area (Å²) in [5, 5.41) is 10.6. The van der Waals surface area contributed by atoms with Crippen LogP contribution in [-0.2, 0) is 6.18 Å². The van der Waals surface area contributed by atoms with Crippen LogP contribution in [0.1, 0.15) is 5.56 Å². The first-order chi connectivity index (χ1) is 8.89. The van der Waals surface area contributed by atoms with Crippen LogP contribution in [0, 0.1) is 10.1 Å². The Hall–Kier alpha value is -2.44. The predicted molar refractivity (Wildman–Crippen MR) is 61.3 cm³/mol. The van der Waals surface area contributed by atoms with Crippen LogP contribution in [0.25, 0.3) is 11.3 Å². The van der Waals surface area contributed by atoms with Crippen molar-refractivity contribution < 1.29 is 18.1 Å². The Balaban J connectivity index is 2.60. The summed E-state index contributed by atoms with van der Waals surface area (Å²) in [6.45, 7) is 0. The number of pyridine rings is 1. The monoisotopic (exact) mass is 268 g/mol. The van der Waals surface area contributed by atoms with E-state index < -0.39 is 16.7 Å². The van der Waals surface area contributed by atoms with E-state index in [1.807, 2.05) is 0 Å². The highest BCUT2D eigenvalue weighted by atomic mass is 19.4. The third-order valence-electron chi connectivity index (χ3n) is 2.44.